The van der Waals surface area contributed by atoms with Crippen LogP contribution in [0.25, 0.3) is 11.1 Å². The normalized spacial score (nSPS) is 15.2. The predicted molar refractivity (Wildman–Crippen MR) is 105 cm³/mol. The fourth-order valence-electron chi connectivity index (χ4n) is 3.70. The van der Waals surface area contributed by atoms with Crippen LogP contribution in [0, 0.1) is 30.2 Å². The molecule has 0 bridgehead atoms. The van der Waals surface area contributed by atoms with Gasteiger partial charge in [-0.05, 0) is 35.7 Å². The Hall–Kier alpha value is -3.56. The number of anilines is 1. The van der Waals surface area contributed by atoms with E-state index < -0.39 is 52.5 Å². The van der Waals surface area contributed by atoms with Gasteiger partial charge in [0.25, 0.3) is 0 Å². The summed E-state index contributed by atoms with van der Waals surface area (Å²) in [7, 11) is 0. The van der Waals surface area contributed by atoms with Gasteiger partial charge in [-0.3, -0.25) is 4.79 Å². The molecule has 1 heterocycles. The maximum atomic E-state index is 14.2. The summed E-state index contributed by atoms with van der Waals surface area (Å²) in [6.07, 6.45) is -5.68. The number of carbonyl (C=O) groups excluding carboxylic acids is 1. The van der Waals surface area contributed by atoms with Crippen LogP contribution >= 0.6 is 0 Å². The van der Waals surface area contributed by atoms with Crippen LogP contribution in [-0.2, 0) is 11.0 Å². The first-order valence-electron chi connectivity index (χ1n) is 9.57. The Morgan fingerprint density at radius 2 is 1.61 bits per heavy atom. The van der Waals surface area contributed by atoms with Gasteiger partial charge in [0.2, 0.25) is 5.91 Å². The fraction of sp³-hybridized carbons (Fsp3) is 0.174. The molecule has 33 heavy (non-hydrogen) atoms. The predicted octanol–water partition coefficient (Wildman–Crippen LogP) is 6.35. The van der Waals surface area contributed by atoms with Crippen molar-refractivity contribution in [2.24, 2.45) is 0 Å². The summed E-state index contributed by atoms with van der Waals surface area (Å²) >= 11 is 0. The van der Waals surface area contributed by atoms with Crippen molar-refractivity contribution in [3.63, 3.8) is 0 Å². The molecule has 1 amide bonds. The molecule has 3 nitrogen and oxygen atoms in total. The lowest BCUT2D eigenvalue weighted by Crippen LogP contribution is -2.25. The van der Waals surface area contributed by atoms with Gasteiger partial charge in [0, 0.05) is 5.56 Å². The van der Waals surface area contributed by atoms with Crippen LogP contribution in [0.3, 0.4) is 0 Å². The topological polar surface area (TPSA) is 38.3 Å². The number of halogens is 7. The van der Waals surface area contributed by atoms with E-state index in [9.17, 15) is 35.5 Å². The smallest absolute Gasteiger partial charge is 0.422 e. The zero-order valence-corrected chi connectivity index (χ0v) is 16.8. The molecule has 0 spiro atoms. The monoisotopic (exact) mass is 469 g/mol. The molecule has 10 heteroatoms. The Morgan fingerprint density at radius 3 is 2.21 bits per heavy atom. The van der Waals surface area contributed by atoms with Gasteiger partial charge in [0.05, 0.1) is 0 Å². The van der Waals surface area contributed by atoms with E-state index in [0.717, 1.165) is 16.7 Å². The van der Waals surface area contributed by atoms with Crippen molar-refractivity contribution in [3.8, 4) is 16.9 Å². The van der Waals surface area contributed by atoms with Crippen molar-refractivity contribution in [3.05, 3.63) is 82.4 Å². The van der Waals surface area contributed by atoms with E-state index in [1.54, 1.807) is 23.5 Å². The molecular weight excluding hydrogens is 455 g/mol. The first kappa shape index (κ1) is 22.6. The molecule has 0 radical (unpaired) electrons. The van der Waals surface area contributed by atoms with E-state index in [2.05, 4.69) is 0 Å². The second-order valence-electron chi connectivity index (χ2n) is 7.42. The maximum absolute atomic E-state index is 14.2. The molecule has 0 aliphatic carbocycles. The zero-order valence-electron chi connectivity index (χ0n) is 16.8. The van der Waals surface area contributed by atoms with Crippen molar-refractivity contribution in [2.45, 2.75) is 19.0 Å². The molecule has 1 unspecified atom stereocenters. The van der Waals surface area contributed by atoms with E-state index in [1.165, 1.54) is 0 Å². The second kappa shape index (κ2) is 8.09. The van der Waals surface area contributed by atoms with E-state index in [-0.39, 0.29) is 6.61 Å². The van der Waals surface area contributed by atoms with Crippen LogP contribution in [-0.4, -0.2) is 12.5 Å². The number of fused-ring (bicyclic) bond motifs is 1. The van der Waals surface area contributed by atoms with Crippen molar-refractivity contribution in [1.82, 2.24) is 0 Å². The number of hydrogen-bond acceptors (Lipinski definition) is 2. The molecule has 3 aromatic carbocycles. The first-order valence-corrected chi connectivity index (χ1v) is 9.57. The third-order valence-corrected chi connectivity index (χ3v) is 5.36. The fourth-order valence-corrected chi connectivity index (χ4v) is 3.70. The number of amides is 1. The second-order valence-corrected chi connectivity index (χ2v) is 7.42. The summed E-state index contributed by atoms with van der Waals surface area (Å²) in [5.41, 5.74) is -1.49. The number of ether oxygens (including phenoxy) is 1. The summed E-state index contributed by atoms with van der Waals surface area (Å²) in [6.45, 7) is 1.63. The van der Waals surface area contributed by atoms with Gasteiger partial charge >= 0.3 is 6.18 Å². The van der Waals surface area contributed by atoms with Crippen LogP contribution in [0.1, 0.15) is 22.6 Å². The first-order chi connectivity index (χ1) is 15.5. The van der Waals surface area contributed by atoms with Crippen LogP contribution in [0.15, 0.2) is 42.5 Å². The van der Waals surface area contributed by atoms with Crippen molar-refractivity contribution in [2.75, 3.05) is 11.9 Å². The van der Waals surface area contributed by atoms with Crippen molar-refractivity contribution < 1.29 is 40.3 Å². The highest BCUT2D eigenvalue weighted by Crippen LogP contribution is 2.41. The highest BCUT2D eigenvalue weighted by molar-refractivity contribution is 5.97. The van der Waals surface area contributed by atoms with Gasteiger partial charge in [-0.25, -0.2) is 17.6 Å². The largest absolute Gasteiger partial charge is 0.492 e. The Kier molecular flexibility index (Phi) is 5.55. The molecule has 172 valence electrons. The molecule has 0 saturated carbocycles. The molecule has 1 aliphatic rings. The summed E-state index contributed by atoms with van der Waals surface area (Å²) in [6, 6.07) is 12.4. The zero-order chi connectivity index (χ0) is 24.1. The quantitative estimate of drug-likeness (QED) is 0.359. The molecule has 1 N–H and O–H groups in total. The molecule has 1 atom stereocenters. The number of alkyl halides is 3. The van der Waals surface area contributed by atoms with Crippen LogP contribution in [0.2, 0.25) is 0 Å². The Labute approximate surface area is 182 Å². The van der Waals surface area contributed by atoms with E-state index in [1.807, 2.05) is 31.2 Å². The van der Waals surface area contributed by atoms with Crippen molar-refractivity contribution >= 4 is 11.6 Å². The lowest BCUT2D eigenvalue weighted by atomic mass is 9.94. The Bertz CT molecular complexity index is 1240. The summed E-state index contributed by atoms with van der Waals surface area (Å²) in [4.78, 5) is 12.7. The molecule has 1 aliphatic heterocycles. The van der Waals surface area contributed by atoms with Gasteiger partial charge in [0.1, 0.15) is 29.5 Å². The summed E-state index contributed by atoms with van der Waals surface area (Å²) < 4.78 is 99.8. The average Bonchev–Trinajstić information content (AvgIpc) is 3.18. The third-order valence-electron chi connectivity index (χ3n) is 5.36. The van der Waals surface area contributed by atoms with Gasteiger partial charge < -0.3 is 10.1 Å². The number of carbonyl (C=O) groups is 1. The molecule has 3 aromatic rings. The Balaban J connectivity index is 1.69. The van der Waals surface area contributed by atoms with E-state index in [0.29, 0.717) is 11.3 Å². The van der Waals surface area contributed by atoms with Gasteiger partial charge in [-0.1, -0.05) is 30.3 Å². The summed E-state index contributed by atoms with van der Waals surface area (Å²) in [5.74, 6) is -11.9. The van der Waals surface area contributed by atoms with E-state index in [4.69, 9.17) is 4.74 Å². The lowest BCUT2D eigenvalue weighted by molar-refractivity contribution is -0.143. The number of hydrogen-bond donors (Lipinski definition) is 1. The van der Waals surface area contributed by atoms with Crippen LogP contribution in [0.5, 0.6) is 5.75 Å². The maximum Gasteiger partial charge on any atom is 0.422 e. The number of benzene rings is 3. The minimum absolute atomic E-state index is 0.243. The molecule has 4 rings (SSSR count). The Morgan fingerprint density at radius 1 is 0.970 bits per heavy atom. The standard InChI is InChI=1S/C23H14F7NO2/c1-10-4-2-3-5-12(10)11-6-7-15-13(8-11)14(9-33-15)22(32)31-21-19(26)17(24)16(23(28,29)30)18(25)20(21)27/h2-8,14H,9H2,1H3,(H,31,32). The minimum atomic E-state index is -5.68. The average molecular weight is 469 g/mol. The van der Waals surface area contributed by atoms with Gasteiger partial charge in [-0.2, -0.15) is 13.2 Å². The minimum Gasteiger partial charge on any atom is -0.492 e. The molecule has 0 fully saturated rings. The lowest BCUT2D eigenvalue weighted by Gasteiger charge is -2.16. The molecule has 0 aromatic heterocycles. The highest BCUT2D eigenvalue weighted by Gasteiger charge is 2.43. The highest BCUT2D eigenvalue weighted by atomic mass is 19.4. The van der Waals surface area contributed by atoms with E-state index >= 15 is 0 Å². The number of aryl methyl sites for hydroxylation is 1. The third kappa shape index (κ3) is 3.90. The molecule has 0 saturated heterocycles. The van der Waals surface area contributed by atoms with Crippen molar-refractivity contribution in [1.29, 1.82) is 0 Å². The molecular formula is C23H14F7NO2. The number of rotatable bonds is 3. The summed E-state index contributed by atoms with van der Waals surface area (Å²) in [5, 5.41) is 1.68. The van der Waals surface area contributed by atoms with Crippen LogP contribution < -0.4 is 10.1 Å². The SMILES string of the molecule is Cc1ccccc1-c1ccc2c(c1)C(C(=O)Nc1c(F)c(F)c(C(F)(F)F)c(F)c1F)CO2. The van der Waals surface area contributed by atoms with Crippen LogP contribution in [0.4, 0.5) is 36.4 Å². The number of nitrogens with one attached hydrogen (secondary N) is 1. The van der Waals surface area contributed by atoms with Gasteiger partial charge in [-0.15, -0.1) is 0 Å². The van der Waals surface area contributed by atoms with Gasteiger partial charge in [0.15, 0.2) is 23.3 Å².